The first-order chi connectivity index (χ1) is 16.4. The fourth-order valence-electron chi connectivity index (χ4n) is 3.61. The third kappa shape index (κ3) is 5.63. The molecular weight excluding hydrogens is 559 g/mol. The van der Waals surface area contributed by atoms with Gasteiger partial charge in [0.1, 0.15) is 5.58 Å². The second-order valence-corrected chi connectivity index (χ2v) is 8.66. The average molecular weight is 580 g/mol. The van der Waals surface area contributed by atoms with Crippen molar-refractivity contribution in [3.05, 3.63) is 72.7 Å². The number of anilines is 1. The van der Waals surface area contributed by atoms with Crippen LogP contribution in [0.2, 0.25) is 0 Å². The quantitative estimate of drug-likeness (QED) is 0.189. The largest absolute Gasteiger partial charge is 0.463 e. The normalized spacial score (nSPS) is 14.0. The maximum atomic E-state index is 11.0. The second kappa shape index (κ2) is 10.8. The fraction of sp³-hybridized carbons (Fsp3) is 0.273. The number of nitro groups is 2. The molecule has 1 N–H and O–H groups in total. The lowest BCUT2D eigenvalue weighted by Gasteiger charge is -2.26. The van der Waals surface area contributed by atoms with Crippen molar-refractivity contribution in [1.82, 2.24) is 4.90 Å². The number of hydrogen-bond acceptors (Lipinski definition) is 9. The van der Waals surface area contributed by atoms with Gasteiger partial charge < -0.3 is 18.9 Å². The number of nitrogens with one attached hydrogen (secondary N) is 1. The molecule has 0 unspecified atom stereocenters. The molecule has 4 aromatic rings. The zero-order valence-electron chi connectivity index (χ0n) is 17.9. The Labute approximate surface area is 207 Å². The van der Waals surface area contributed by atoms with Gasteiger partial charge in [0, 0.05) is 61.2 Å². The van der Waals surface area contributed by atoms with Crippen molar-refractivity contribution in [2.45, 2.75) is 0 Å². The van der Waals surface area contributed by atoms with Crippen LogP contribution in [0.1, 0.15) is 0 Å². The van der Waals surface area contributed by atoms with E-state index < -0.39 is 4.92 Å². The van der Waals surface area contributed by atoms with Crippen molar-refractivity contribution < 1.29 is 23.4 Å². The van der Waals surface area contributed by atoms with Crippen molar-refractivity contribution >= 4 is 61.6 Å². The maximum Gasteiger partial charge on any atom is 0.272 e. The second-order valence-electron chi connectivity index (χ2n) is 7.49. The van der Waals surface area contributed by atoms with E-state index in [1.165, 1.54) is 30.5 Å². The molecule has 0 spiro atoms. The van der Waals surface area contributed by atoms with Crippen LogP contribution in [0.3, 0.4) is 0 Å². The van der Waals surface area contributed by atoms with E-state index in [0.717, 1.165) is 47.2 Å². The van der Waals surface area contributed by atoms with Crippen molar-refractivity contribution in [2.24, 2.45) is 0 Å². The summed E-state index contributed by atoms with van der Waals surface area (Å²) in [6, 6.07) is 9.48. The molecule has 0 amide bonds. The molecule has 2 aromatic carbocycles. The van der Waals surface area contributed by atoms with Gasteiger partial charge in [-0.25, -0.2) is 0 Å². The summed E-state index contributed by atoms with van der Waals surface area (Å²) in [5.41, 5.74) is 2.18. The number of morpholine rings is 1. The molecule has 11 nitrogen and oxygen atoms in total. The highest BCUT2D eigenvalue weighted by molar-refractivity contribution is 14.1. The number of non-ortho nitro benzene ring substituents is 2. The molecule has 0 radical (unpaired) electrons. The first kappa shape index (κ1) is 23.9. The van der Waals surface area contributed by atoms with Crippen LogP contribution in [0.5, 0.6) is 0 Å². The van der Waals surface area contributed by atoms with Crippen LogP contribution in [-0.4, -0.2) is 54.1 Å². The molecule has 0 saturated carbocycles. The Bertz CT molecular complexity index is 1310. The zero-order valence-corrected chi connectivity index (χ0v) is 20.1. The predicted molar refractivity (Wildman–Crippen MR) is 134 cm³/mol. The van der Waals surface area contributed by atoms with Crippen LogP contribution in [0, 0.1) is 23.8 Å². The van der Waals surface area contributed by atoms with Gasteiger partial charge in [-0.2, -0.15) is 0 Å². The highest BCUT2D eigenvalue weighted by atomic mass is 127. The number of hydrogen-bond donors (Lipinski definition) is 1. The van der Waals surface area contributed by atoms with Crippen LogP contribution in [-0.2, 0) is 4.74 Å². The fourth-order valence-corrected chi connectivity index (χ4v) is 4.36. The first-order valence-corrected chi connectivity index (χ1v) is 11.5. The molecule has 1 aliphatic rings. The van der Waals surface area contributed by atoms with Crippen LogP contribution in [0.25, 0.3) is 21.9 Å². The van der Waals surface area contributed by atoms with Crippen molar-refractivity contribution in [1.29, 1.82) is 0 Å². The van der Waals surface area contributed by atoms with Gasteiger partial charge in [0.15, 0.2) is 5.58 Å². The summed E-state index contributed by atoms with van der Waals surface area (Å²) in [7, 11) is 0. The van der Waals surface area contributed by atoms with Crippen LogP contribution >= 0.6 is 22.6 Å². The molecule has 3 heterocycles. The molecule has 5 rings (SSSR count). The number of rotatable bonds is 6. The Hall–Kier alpha value is -3.23. The van der Waals surface area contributed by atoms with Gasteiger partial charge in [0.25, 0.3) is 11.4 Å². The average Bonchev–Trinajstić information content (AvgIpc) is 3.50. The van der Waals surface area contributed by atoms with Gasteiger partial charge in [0.2, 0.25) is 0 Å². The SMILES string of the molecule is O=[N+]([O-])c1cc(I)c2occc2c1.O=[N+]([O-])c1cc(NCCN2CCOCC2)c2occc2c1. The molecule has 0 bridgehead atoms. The number of nitro benzene ring substituents is 2. The lowest BCUT2D eigenvalue weighted by molar-refractivity contribution is -0.384. The minimum atomic E-state index is -0.408. The van der Waals surface area contributed by atoms with Crippen molar-refractivity contribution in [3.8, 4) is 0 Å². The van der Waals surface area contributed by atoms with Crippen LogP contribution in [0.15, 0.2) is 57.8 Å². The van der Waals surface area contributed by atoms with E-state index in [1.54, 1.807) is 18.4 Å². The third-order valence-corrected chi connectivity index (χ3v) is 6.10. The Morgan fingerprint density at radius 2 is 1.50 bits per heavy atom. The summed E-state index contributed by atoms with van der Waals surface area (Å²) in [5.74, 6) is 0. The summed E-state index contributed by atoms with van der Waals surface area (Å²) in [5, 5.41) is 26.2. The van der Waals surface area contributed by atoms with Gasteiger partial charge in [-0.1, -0.05) is 0 Å². The monoisotopic (exact) mass is 580 g/mol. The molecule has 34 heavy (non-hydrogen) atoms. The number of furan rings is 2. The predicted octanol–water partition coefficient (Wildman–Crippen LogP) is 5.03. The van der Waals surface area contributed by atoms with E-state index in [2.05, 4.69) is 10.2 Å². The summed E-state index contributed by atoms with van der Waals surface area (Å²) in [4.78, 5) is 23.0. The molecule has 2 aromatic heterocycles. The minimum Gasteiger partial charge on any atom is -0.463 e. The van der Waals surface area contributed by atoms with Gasteiger partial charge >= 0.3 is 0 Å². The minimum absolute atomic E-state index is 0.0674. The van der Waals surface area contributed by atoms with E-state index in [0.29, 0.717) is 23.4 Å². The smallest absolute Gasteiger partial charge is 0.272 e. The number of benzene rings is 2. The van der Waals surface area contributed by atoms with Gasteiger partial charge in [-0.3, -0.25) is 25.1 Å². The first-order valence-electron chi connectivity index (χ1n) is 10.4. The maximum absolute atomic E-state index is 11.0. The van der Waals surface area contributed by atoms with Crippen molar-refractivity contribution in [2.75, 3.05) is 44.7 Å². The van der Waals surface area contributed by atoms with Gasteiger partial charge in [-0.05, 0) is 34.7 Å². The Morgan fingerprint density at radius 3 is 2.15 bits per heavy atom. The van der Waals surface area contributed by atoms with E-state index in [4.69, 9.17) is 13.6 Å². The summed E-state index contributed by atoms with van der Waals surface area (Å²) < 4.78 is 16.6. The van der Waals surface area contributed by atoms with Crippen molar-refractivity contribution in [3.63, 3.8) is 0 Å². The lowest BCUT2D eigenvalue weighted by Crippen LogP contribution is -2.39. The molecule has 178 valence electrons. The Kier molecular flexibility index (Phi) is 7.59. The van der Waals surface area contributed by atoms with E-state index in [-0.39, 0.29) is 16.3 Å². The van der Waals surface area contributed by atoms with Gasteiger partial charge in [0.05, 0.1) is 44.8 Å². The van der Waals surface area contributed by atoms with E-state index in [9.17, 15) is 20.2 Å². The molecule has 1 aliphatic heterocycles. The molecule has 0 atom stereocenters. The lowest BCUT2D eigenvalue weighted by atomic mass is 10.2. The van der Waals surface area contributed by atoms with Crippen LogP contribution < -0.4 is 5.32 Å². The molecule has 1 fully saturated rings. The summed E-state index contributed by atoms with van der Waals surface area (Å²) in [6.07, 6.45) is 3.07. The molecule has 12 heteroatoms. The van der Waals surface area contributed by atoms with E-state index >= 15 is 0 Å². The molecule has 1 saturated heterocycles. The number of ether oxygens (including phenoxy) is 1. The molecule has 0 aliphatic carbocycles. The topological polar surface area (TPSA) is 137 Å². The Balaban J connectivity index is 0.000000180. The third-order valence-electron chi connectivity index (χ3n) is 5.30. The summed E-state index contributed by atoms with van der Waals surface area (Å²) in [6.45, 7) is 4.95. The van der Waals surface area contributed by atoms with E-state index in [1.807, 2.05) is 22.6 Å². The highest BCUT2D eigenvalue weighted by Gasteiger charge is 2.15. The highest BCUT2D eigenvalue weighted by Crippen LogP contribution is 2.30. The summed E-state index contributed by atoms with van der Waals surface area (Å²) >= 11 is 2.02. The molecular formula is C22H21IN4O7. The number of halogens is 1. The van der Waals surface area contributed by atoms with Gasteiger partial charge in [-0.15, -0.1) is 0 Å². The Morgan fingerprint density at radius 1 is 0.912 bits per heavy atom. The number of nitrogens with zero attached hydrogens (tertiary/aromatic N) is 3. The van der Waals surface area contributed by atoms with Crippen LogP contribution in [0.4, 0.5) is 17.1 Å². The zero-order chi connectivity index (χ0) is 24.1. The standard InChI is InChI=1S/C14H17N3O4.C8H4INO3/c18-17(19)12-9-11-1-6-21-14(11)13(10-12)15-2-3-16-4-7-20-8-5-16;9-7-4-6(10(11)12)3-5-1-2-13-8(5)7/h1,6,9-10,15H,2-5,7-8H2;1-4H. The number of fused-ring (bicyclic) bond motifs is 2.